The minimum atomic E-state index is -0.138. The lowest BCUT2D eigenvalue weighted by atomic mass is 10.1. The van der Waals surface area contributed by atoms with E-state index in [1.165, 1.54) is 4.88 Å². The van der Waals surface area contributed by atoms with Crippen LogP contribution in [0.2, 0.25) is 0 Å². The number of nitrogens with zero attached hydrogens (tertiary/aromatic N) is 1. The van der Waals surface area contributed by atoms with Crippen LogP contribution < -0.4 is 10.6 Å². The van der Waals surface area contributed by atoms with Crippen molar-refractivity contribution in [3.8, 4) is 0 Å². The molecule has 24 heavy (non-hydrogen) atoms. The van der Waals surface area contributed by atoms with Crippen LogP contribution in [0.5, 0.6) is 0 Å². The van der Waals surface area contributed by atoms with Crippen LogP contribution >= 0.6 is 35.3 Å². The van der Waals surface area contributed by atoms with Gasteiger partial charge in [-0.1, -0.05) is 13.0 Å². The van der Waals surface area contributed by atoms with E-state index in [1.54, 1.807) is 11.3 Å². The van der Waals surface area contributed by atoms with Gasteiger partial charge in [-0.2, -0.15) is 0 Å². The highest BCUT2D eigenvalue weighted by Gasteiger charge is 2.06. The van der Waals surface area contributed by atoms with Crippen LogP contribution in [0.15, 0.2) is 22.5 Å². The Morgan fingerprint density at radius 1 is 1.38 bits per heavy atom. The quantitative estimate of drug-likeness (QED) is 0.182. The Balaban J connectivity index is 0.00000529. The predicted octanol–water partition coefficient (Wildman–Crippen LogP) is 3.44. The number of esters is 1. The normalized spacial score (nSPS) is 12.2. The Kier molecular flexibility index (Phi) is 14.0. The van der Waals surface area contributed by atoms with Crippen LogP contribution in [0, 0.1) is 5.92 Å². The molecule has 0 aliphatic rings. The van der Waals surface area contributed by atoms with Crippen molar-refractivity contribution in [3.63, 3.8) is 0 Å². The summed E-state index contributed by atoms with van der Waals surface area (Å²) in [6.45, 7) is 8.85. The molecule has 0 spiro atoms. The maximum absolute atomic E-state index is 11.3. The highest BCUT2D eigenvalue weighted by Crippen LogP contribution is 2.14. The number of carbonyl (C=O) groups is 1. The van der Waals surface area contributed by atoms with E-state index in [0.29, 0.717) is 25.5 Å². The molecule has 0 bridgehead atoms. The van der Waals surface area contributed by atoms with Crippen LogP contribution in [0.4, 0.5) is 0 Å². The molecule has 1 aromatic rings. The van der Waals surface area contributed by atoms with Gasteiger partial charge >= 0.3 is 5.97 Å². The summed E-state index contributed by atoms with van der Waals surface area (Å²) >= 11 is 1.80. The molecule has 5 nitrogen and oxygen atoms in total. The van der Waals surface area contributed by atoms with E-state index in [1.807, 2.05) is 13.8 Å². The molecular weight excluding hydrogens is 437 g/mol. The molecule has 7 heteroatoms. The summed E-state index contributed by atoms with van der Waals surface area (Å²) in [5, 5.41) is 8.61. The fraction of sp³-hybridized carbons (Fsp3) is 0.647. The third-order valence-corrected chi connectivity index (χ3v) is 4.09. The smallest absolute Gasteiger partial charge is 0.305 e. The number of nitrogens with one attached hydrogen (secondary N) is 2. The minimum Gasteiger partial charge on any atom is -0.466 e. The standard InChI is InChI=1S/C17H29N3O2S.HI/c1-4-18-17(19-10-6-9-16(21)22-5-2)20-13-14(3)12-15-8-7-11-23-15;/h7-8,11,14H,4-6,9-10,12-13H2,1-3H3,(H2,18,19,20);1H. The molecule has 0 saturated heterocycles. The van der Waals surface area contributed by atoms with Crippen LogP contribution in [0.25, 0.3) is 0 Å². The van der Waals surface area contributed by atoms with Gasteiger partial charge in [0, 0.05) is 30.9 Å². The Morgan fingerprint density at radius 3 is 2.79 bits per heavy atom. The predicted molar refractivity (Wildman–Crippen MR) is 112 cm³/mol. The second-order valence-corrected chi connectivity index (χ2v) is 6.48. The molecule has 0 amide bonds. The average Bonchev–Trinajstić information content (AvgIpc) is 3.02. The maximum atomic E-state index is 11.3. The van der Waals surface area contributed by atoms with Gasteiger partial charge in [0.25, 0.3) is 0 Å². The highest BCUT2D eigenvalue weighted by molar-refractivity contribution is 14.0. The molecule has 1 aromatic heterocycles. The second kappa shape index (κ2) is 14.5. The summed E-state index contributed by atoms with van der Waals surface area (Å²) in [5.41, 5.74) is 0. The van der Waals surface area contributed by atoms with Gasteiger partial charge in [-0.05, 0) is 44.1 Å². The zero-order valence-electron chi connectivity index (χ0n) is 14.8. The number of ether oxygens (including phenoxy) is 1. The first-order chi connectivity index (χ1) is 11.2. The number of halogens is 1. The number of rotatable bonds is 10. The first kappa shape index (κ1) is 23.2. The van der Waals surface area contributed by atoms with E-state index in [-0.39, 0.29) is 29.9 Å². The van der Waals surface area contributed by atoms with Crippen molar-refractivity contribution >= 4 is 47.2 Å². The summed E-state index contributed by atoms with van der Waals surface area (Å²) in [6, 6.07) is 4.26. The van der Waals surface area contributed by atoms with Crippen LogP contribution in [-0.2, 0) is 16.0 Å². The first-order valence-corrected chi connectivity index (χ1v) is 9.23. The fourth-order valence-corrected chi connectivity index (χ4v) is 2.97. The third-order valence-electron chi connectivity index (χ3n) is 3.19. The second-order valence-electron chi connectivity index (χ2n) is 5.44. The number of hydrogen-bond donors (Lipinski definition) is 2. The number of guanidine groups is 1. The van der Waals surface area contributed by atoms with Crippen molar-refractivity contribution in [2.45, 2.75) is 40.0 Å². The van der Waals surface area contributed by atoms with Gasteiger partial charge < -0.3 is 15.4 Å². The molecular formula is C17H30IN3O2S. The number of aliphatic imine (C=N–C) groups is 1. The Labute approximate surface area is 166 Å². The van der Waals surface area contributed by atoms with E-state index < -0.39 is 0 Å². The summed E-state index contributed by atoms with van der Waals surface area (Å²) in [4.78, 5) is 17.3. The van der Waals surface area contributed by atoms with Crippen molar-refractivity contribution in [1.82, 2.24) is 10.6 Å². The molecule has 0 aromatic carbocycles. The molecule has 1 unspecified atom stereocenters. The van der Waals surface area contributed by atoms with E-state index in [2.05, 4.69) is 40.1 Å². The third kappa shape index (κ3) is 10.9. The van der Waals surface area contributed by atoms with Crippen LogP contribution in [-0.4, -0.2) is 38.2 Å². The lowest BCUT2D eigenvalue weighted by molar-refractivity contribution is -0.143. The van der Waals surface area contributed by atoms with Gasteiger partial charge in [-0.3, -0.25) is 9.79 Å². The zero-order chi connectivity index (χ0) is 16.9. The average molecular weight is 467 g/mol. The summed E-state index contributed by atoms with van der Waals surface area (Å²) in [7, 11) is 0. The molecule has 1 heterocycles. The minimum absolute atomic E-state index is 0. The van der Waals surface area contributed by atoms with E-state index >= 15 is 0 Å². The summed E-state index contributed by atoms with van der Waals surface area (Å²) in [5.74, 6) is 1.18. The maximum Gasteiger partial charge on any atom is 0.305 e. The molecule has 0 aliphatic heterocycles. The van der Waals surface area contributed by atoms with Crippen LogP contribution in [0.3, 0.4) is 0 Å². The van der Waals surface area contributed by atoms with Crippen molar-refractivity contribution in [1.29, 1.82) is 0 Å². The molecule has 1 atom stereocenters. The number of hydrogen-bond acceptors (Lipinski definition) is 4. The SMILES string of the molecule is CCNC(=NCC(C)Cc1cccs1)NCCCC(=O)OCC.I. The van der Waals surface area contributed by atoms with Gasteiger partial charge in [0.2, 0.25) is 0 Å². The Morgan fingerprint density at radius 2 is 2.17 bits per heavy atom. The number of carbonyl (C=O) groups excluding carboxylic acids is 1. The van der Waals surface area contributed by atoms with E-state index in [4.69, 9.17) is 4.74 Å². The first-order valence-electron chi connectivity index (χ1n) is 8.35. The van der Waals surface area contributed by atoms with Gasteiger partial charge in [0.05, 0.1) is 6.61 Å². The van der Waals surface area contributed by atoms with Crippen molar-refractivity contribution in [2.24, 2.45) is 10.9 Å². The van der Waals surface area contributed by atoms with Gasteiger partial charge in [-0.25, -0.2) is 0 Å². The lowest BCUT2D eigenvalue weighted by Gasteiger charge is -2.13. The molecule has 0 saturated carbocycles. The number of thiophene rings is 1. The highest BCUT2D eigenvalue weighted by atomic mass is 127. The summed E-state index contributed by atoms with van der Waals surface area (Å²) < 4.78 is 4.91. The molecule has 0 radical (unpaired) electrons. The van der Waals surface area contributed by atoms with Gasteiger partial charge in [0.1, 0.15) is 0 Å². The largest absolute Gasteiger partial charge is 0.466 e. The molecule has 0 aliphatic carbocycles. The molecule has 2 N–H and O–H groups in total. The van der Waals surface area contributed by atoms with E-state index in [9.17, 15) is 4.79 Å². The monoisotopic (exact) mass is 467 g/mol. The fourth-order valence-electron chi connectivity index (χ4n) is 2.10. The van der Waals surface area contributed by atoms with Crippen LogP contribution in [0.1, 0.15) is 38.5 Å². The van der Waals surface area contributed by atoms with Crippen molar-refractivity contribution in [3.05, 3.63) is 22.4 Å². The van der Waals surface area contributed by atoms with Gasteiger partial charge in [-0.15, -0.1) is 35.3 Å². The molecule has 0 fully saturated rings. The van der Waals surface area contributed by atoms with E-state index in [0.717, 1.165) is 31.9 Å². The zero-order valence-corrected chi connectivity index (χ0v) is 18.0. The lowest BCUT2D eigenvalue weighted by Crippen LogP contribution is -2.38. The Hall–Kier alpha value is -0.830. The Bertz CT molecular complexity index is 466. The summed E-state index contributed by atoms with van der Waals surface area (Å²) in [6.07, 6.45) is 2.24. The van der Waals surface area contributed by atoms with Crippen molar-refractivity contribution < 1.29 is 9.53 Å². The van der Waals surface area contributed by atoms with Crippen molar-refractivity contribution in [2.75, 3.05) is 26.2 Å². The molecule has 138 valence electrons. The topological polar surface area (TPSA) is 62.7 Å². The van der Waals surface area contributed by atoms with Gasteiger partial charge in [0.15, 0.2) is 5.96 Å². The molecule has 1 rings (SSSR count).